The number of ether oxygens (including phenoxy) is 1. The minimum atomic E-state index is -0.715. The van der Waals surface area contributed by atoms with Crippen molar-refractivity contribution in [3.05, 3.63) is 64.7 Å². The van der Waals surface area contributed by atoms with E-state index in [2.05, 4.69) is 0 Å². The van der Waals surface area contributed by atoms with Crippen LogP contribution in [-0.2, 0) is 16.1 Å². The number of para-hydroxylation sites is 1. The molecule has 0 radical (unpaired) electrons. The monoisotopic (exact) mass is 327 g/mol. The summed E-state index contributed by atoms with van der Waals surface area (Å²) in [6.45, 7) is 3.76. The van der Waals surface area contributed by atoms with E-state index < -0.39 is 5.97 Å². The number of aromatic hydroxyl groups is 1. The van der Waals surface area contributed by atoms with Crippen LogP contribution in [0.15, 0.2) is 42.5 Å². The second-order valence-electron chi connectivity index (χ2n) is 5.78. The van der Waals surface area contributed by atoms with E-state index in [-0.39, 0.29) is 23.8 Å². The van der Waals surface area contributed by atoms with E-state index in [0.717, 1.165) is 11.1 Å². The van der Waals surface area contributed by atoms with Gasteiger partial charge in [-0.25, -0.2) is 4.79 Å². The predicted molar refractivity (Wildman–Crippen MR) is 90.8 cm³/mol. The first-order valence-corrected chi connectivity index (χ1v) is 7.63. The van der Waals surface area contributed by atoms with Gasteiger partial charge in [0.1, 0.15) is 11.3 Å². The summed E-state index contributed by atoms with van der Waals surface area (Å²) in [5.74, 6) is -1.15. The summed E-state index contributed by atoms with van der Waals surface area (Å²) in [6, 6.07) is 12.7. The van der Waals surface area contributed by atoms with E-state index >= 15 is 0 Å². The molecule has 0 aliphatic carbocycles. The second-order valence-corrected chi connectivity index (χ2v) is 5.78. The van der Waals surface area contributed by atoms with E-state index in [9.17, 15) is 14.7 Å². The van der Waals surface area contributed by atoms with E-state index in [0.29, 0.717) is 12.1 Å². The Morgan fingerprint density at radius 3 is 2.42 bits per heavy atom. The average molecular weight is 327 g/mol. The number of nitrogens with zero attached hydrogens (tertiary/aromatic N) is 1. The zero-order valence-electron chi connectivity index (χ0n) is 14.1. The fourth-order valence-electron chi connectivity index (χ4n) is 2.19. The lowest BCUT2D eigenvalue weighted by atomic mass is 10.1. The van der Waals surface area contributed by atoms with E-state index in [1.807, 2.05) is 31.2 Å². The van der Waals surface area contributed by atoms with Gasteiger partial charge in [-0.1, -0.05) is 42.0 Å². The number of esters is 1. The van der Waals surface area contributed by atoms with Crippen LogP contribution in [-0.4, -0.2) is 35.5 Å². The standard InChI is InChI=1S/C19H21NO4/c1-13-7-9-15(10-8-13)11-20(3)17(21)12-24-19(23)16-6-4-5-14(2)18(16)22/h4-10,22H,11-12H2,1-3H3. The largest absolute Gasteiger partial charge is 0.507 e. The lowest BCUT2D eigenvalue weighted by Gasteiger charge is -2.17. The van der Waals surface area contributed by atoms with Crippen LogP contribution in [0.2, 0.25) is 0 Å². The minimum Gasteiger partial charge on any atom is -0.507 e. The number of phenols is 1. The Hall–Kier alpha value is -2.82. The van der Waals surface area contributed by atoms with Gasteiger partial charge in [-0.05, 0) is 31.0 Å². The molecule has 5 nitrogen and oxygen atoms in total. The number of carbonyl (C=O) groups excluding carboxylic acids is 2. The molecular formula is C19H21NO4. The quantitative estimate of drug-likeness (QED) is 0.858. The van der Waals surface area contributed by atoms with Crippen molar-refractivity contribution in [2.75, 3.05) is 13.7 Å². The zero-order chi connectivity index (χ0) is 17.7. The maximum Gasteiger partial charge on any atom is 0.342 e. The first-order chi connectivity index (χ1) is 11.4. The Labute approximate surface area is 141 Å². The lowest BCUT2D eigenvalue weighted by Crippen LogP contribution is -2.30. The highest BCUT2D eigenvalue weighted by molar-refractivity contribution is 5.94. The van der Waals surface area contributed by atoms with Crippen molar-refractivity contribution < 1.29 is 19.4 Å². The number of benzene rings is 2. The third-order valence-corrected chi connectivity index (χ3v) is 3.75. The van der Waals surface area contributed by atoms with Gasteiger partial charge in [-0.2, -0.15) is 0 Å². The first-order valence-electron chi connectivity index (χ1n) is 7.63. The number of rotatable bonds is 5. The summed E-state index contributed by atoms with van der Waals surface area (Å²) < 4.78 is 5.01. The SMILES string of the molecule is Cc1ccc(CN(C)C(=O)COC(=O)c2cccc(C)c2O)cc1. The van der Waals surface area contributed by atoms with Crippen LogP contribution in [0, 0.1) is 13.8 Å². The van der Waals surface area contributed by atoms with Gasteiger partial charge in [0.25, 0.3) is 5.91 Å². The van der Waals surface area contributed by atoms with Gasteiger partial charge in [-0.3, -0.25) is 4.79 Å². The third-order valence-electron chi connectivity index (χ3n) is 3.75. The van der Waals surface area contributed by atoms with Crippen molar-refractivity contribution in [2.24, 2.45) is 0 Å². The van der Waals surface area contributed by atoms with Crippen molar-refractivity contribution in [1.29, 1.82) is 0 Å². The number of aryl methyl sites for hydroxylation is 2. The van der Waals surface area contributed by atoms with Gasteiger partial charge in [0.2, 0.25) is 0 Å². The number of phenolic OH excluding ortho intramolecular Hbond substituents is 1. The Morgan fingerprint density at radius 2 is 1.75 bits per heavy atom. The molecule has 2 aromatic rings. The van der Waals surface area contributed by atoms with Crippen LogP contribution < -0.4 is 0 Å². The van der Waals surface area contributed by atoms with Crippen molar-refractivity contribution >= 4 is 11.9 Å². The maximum atomic E-state index is 12.1. The molecule has 0 aromatic heterocycles. The summed E-state index contributed by atoms with van der Waals surface area (Å²) in [5, 5.41) is 9.86. The molecule has 126 valence electrons. The topological polar surface area (TPSA) is 66.8 Å². The molecule has 0 unspecified atom stereocenters. The van der Waals surface area contributed by atoms with Gasteiger partial charge in [0.05, 0.1) is 0 Å². The fraction of sp³-hybridized carbons (Fsp3) is 0.263. The smallest absolute Gasteiger partial charge is 0.342 e. The number of hydrogen-bond acceptors (Lipinski definition) is 4. The molecule has 0 heterocycles. The van der Waals surface area contributed by atoms with Crippen molar-refractivity contribution in [1.82, 2.24) is 4.90 Å². The highest BCUT2D eigenvalue weighted by Crippen LogP contribution is 2.22. The summed E-state index contributed by atoms with van der Waals surface area (Å²) in [5.41, 5.74) is 2.79. The normalized spacial score (nSPS) is 10.3. The third kappa shape index (κ3) is 4.35. The van der Waals surface area contributed by atoms with E-state index in [1.54, 1.807) is 26.1 Å². The lowest BCUT2D eigenvalue weighted by molar-refractivity contribution is -0.133. The Kier molecular flexibility index (Phi) is 5.58. The molecule has 1 amide bonds. The molecule has 0 saturated carbocycles. The van der Waals surface area contributed by atoms with Crippen LogP contribution >= 0.6 is 0 Å². The fourth-order valence-corrected chi connectivity index (χ4v) is 2.19. The number of likely N-dealkylation sites (N-methyl/N-ethyl adjacent to an activating group) is 1. The first kappa shape index (κ1) is 17.5. The molecule has 0 fully saturated rings. The highest BCUT2D eigenvalue weighted by atomic mass is 16.5. The molecule has 0 atom stereocenters. The van der Waals surface area contributed by atoms with Gasteiger partial charge >= 0.3 is 5.97 Å². The van der Waals surface area contributed by atoms with Crippen molar-refractivity contribution in [3.8, 4) is 5.75 Å². The van der Waals surface area contributed by atoms with E-state index in [4.69, 9.17) is 4.74 Å². The molecule has 0 spiro atoms. The molecule has 0 saturated heterocycles. The van der Waals surface area contributed by atoms with Crippen LogP contribution in [0.4, 0.5) is 0 Å². The predicted octanol–water partition coefficient (Wildman–Crippen LogP) is 2.82. The molecule has 1 N–H and O–H groups in total. The van der Waals surface area contributed by atoms with Crippen LogP contribution in [0.3, 0.4) is 0 Å². The van der Waals surface area contributed by atoms with Gasteiger partial charge < -0.3 is 14.7 Å². The number of carbonyl (C=O) groups is 2. The average Bonchev–Trinajstić information content (AvgIpc) is 2.56. The van der Waals surface area contributed by atoms with Crippen molar-refractivity contribution in [2.45, 2.75) is 20.4 Å². The molecule has 0 bridgehead atoms. The van der Waals surface area contributed by atoms with Crippen LogP contribution in [0.25, 0.3) is 0 Å². The summed E-state index contributed by atoms with van der Waals surface area (Å²) >= 11 is 0. The molecule has 2 rings (SSSR count). The Bertz CT molecular complexity index is 738. The van der Waals surface area contributed by atoms with E-state index in [1.165, 1.54) is 11.0 Å². The molecule has 0 aliphatic heterocycles. The Morgan fingerprint density at radius 1 is 1.08 bits per heavy atom. The van der Waals surface area contributed by atoms with Gasteiger partial charge in [0, 0.05) is 13.6 Å². The van der Waals surface area contributed by atoms with Gasteiger partial charge in [-0.15, -0.1) is 0 Å². The van der Waals surface area contributed by atoms with Crippen LogP contribution in [0.1, 0.15) is 27.0 Å². The van der Waals surface area contributed by atoms with Crippen LogP contribution in [0.5, 0.6) is 5.75 Å². The number of hydrogen-bond donors (Lipinski definition) is 1. The summed E-state index contributed by atoms with van der Waals surface area (Å²) in [6.07, 6.45) is 0. The minimum absolute atomic E-state index is 0.0592. The molecule has 5 heteroatoms. The van der Waals surface area contributed by atoms with Crippen molar-refractivity contribution in [3.63, 3.8) is 0 Å². The summed E-state index contributed by atoms with van der Waals surface area (Å²) in [7, 11) is 1.65. The zero-order valence-corrected chi connectivity index (χ0v) is 14.1. The van der Waals surface area contributed by atoms with Gasteiger partial charge in [0.15, 0.2) is 6.61 Å². The summed E-state index contributed by atoms with van der Waals surface area (Å²) in [4.78, 5) is 25.6. The second kappa shape index (κ2) is 7.64. The number of amides is 1. The maximum absolute atomic E-state index is 12.1. The molecule has 24 heavy (non-hydrogen) atoms. The molecule has 2 aromatic carbocycles. The highest BCUT2D eigenvalue weighted by Gasteiger charge is 2.17. The Balaban J connectivity index is 1.91. The molecular weight excluding hydrogens is 306 g/mol. The molecule has 0 aliphatic rings.